The van der Waals surface area contributed by atoms with Crippen LogP contribution in [0.25, 0.3) is 0 Å². The first-order valence-electron chi connectivity index (χ1n) is 10.4. The van der Waals surface area contributed by atoms with Crippen LogP contribution in [0, 0.1) is 11.8 Å². The Hall–Kier alpha value is -2.29. The number of carboxylic acid groups (broad SMARTS) is 1. The number of hydrogen-bond donors (Lipinski definition) is 1. The lowest BCUT2D eigenvalue weighted by Crippen LogP contribution is -2.25. The molecule has 3 heteroatoms. The number of benzene rings is 1. The average molecular weight is 383 g/mol. The van der Waals surface area contributed by atoms with E-state index >= 15 is 0 Å². The number of aliphatic carboxylic acids is 1. The van der Waals surface area contributed by atoms with Crippen LogP contribution in [0.2, 0.25) is 0 Å². The summed E-state index contributed by atoms with van der Waals surface area (Å²) in [4.78, 5) is 11.0. The van der Waals surface area contributed by atoms with Crippen molar-refractivity contribution in [2.45, 2.75) is 58.3 Å². The highest BCUT2D eigenvalue weighted by Crippen LogP contribution is 2.41. The minimum Gasteiger partial charge on any atom is -0.493 e. The Morgan fingerprint density at radius 2 is 1.89 bits per heavy atom. The Morgan fingerprint density at radius 1 is 1.25 bits per heavy atom. The summed E-state index contributed by atoms with van der Waals surface area (Å²) < 4.78 is 5.91. The van der Waals surface area contributed by atoms with Crippen molar-refractivity contribution in [3.8, 4) is 0 Å². The molecule has 2 fully saturated rings. The highest BCUT2D eigenvalue weighted by atomic mass is 16.5. The molecule has 2 saturated carbocycles. The largest absolute Gasteiger partial charge is 0.493 e. The van der Waals surface area contributed by atoms with E-state index in [4.69, 9.17) is 9.84 Å². The van der Waals surface area contributed by atoms with Crippen molar-refractivity contribution in [2.24, 2.45) is 11.8 Å². The van der Waals surface area contributed by atoms with Gasteiger partial charge in [-0.1, -0.05) is 69.2 Å². The fourth-order valence-corrected chi connectivity index (χ4v) is 3.13. The van der Waals surface area contributed by atoms with Crippen LogP contribution in [-0.4, -0.2) is 17.7 Å². The third-order valence-electron chi connectivity index (χ3n) is 5.21. The van der Waals surface area contributed by atoms with E-state index < -0.39 is 11.9 Å². The minimum atomic E-state index is -0.782. The maximum atomic E-state index is 11.0. The van der Waals surface area contributed by atoms with Gasteiger partial charge in [-0.2, -0.15) is 0 Å². The van der Waals surface area contributed by atoms with Gasteiger partial charge in [0.15, 0.2) is 0 Å². The van der Waals surface area contributed by atoms with Crippen molar-refractivity contribution in [3.63, 3.8) is 0 Å². The molecule has 1 unspecified atom stereocenters. The van der Waals surface area contributed by atoms with Gasteiger partial charge in [0.2, 0.25) is 0 Å². The number of ether oxygens (including phenoxy) is 1. The summed E-state index contributed by atoms with van der Waals surface area (Å²) in [6.45, 7) is 8.13. The second-order valence-corrected chi connectivity index (χ2v) is 7.87. The molecule has 2 aliphatic rings. The van der Waals surface area contributed by atoms with Gasteiger partial charge >= 0.3 is 5.97 Å². The first kappa shape index (κ1) is 22.0. The zero-order valence-electron chi connectivity index (χ0n) is 17.3. The molecule has 1 aromatic carbocycles. The molecule has 0 aromatic heterocycles. The Bertz CT molecular complexity index is 676. The van der Waals surface area contributed by atoms with E-state index in [1.165, 1.54) is 24.8 Å². The van der Waals surface area contributed by atoms with Gasteiger partial charge in [-0.25, -0.2) is 0 Å². The normalized spacial score (nSPS) is 22.2. The van der Waals surface area contributed by atoms with Crippen molar-refractivity contribution in [2.75, 3.05) is 6.61 Å². The lowest BCUT2D eigenvalue weighted by atomic mass is 9.72. The predicted molar refractivity (Wildman–Crippen MR) is 115 cm³/mol. The van der Waals surface area contributed by atoms with Crippen LogP contribution in [-0.2, 0) is 9.53 Å². The maximum Gasteiger partial charge on any atom is 0.306 e. The molecule has 0 heterocycles. The zero-order valence-corrected chi connectivity index (χ0v) is 17.3. The summed E-state index contributed by atoms with van der Waals surface area (Å²) in [6, 6.07) is 10.6. The van der Waals surface area contributed by atoms with Gasteiger partial charge < -0.3 is 9.84 Å². The molecule has 0 aliphatic heterocycles. The summed E-state index contributed by atoms with van der Waals surface area (Å²) in [6.07, 6.45) is 12.8. The lowest BCUT2D eigenvalue weighted by molar-refractivity contribution is -0.141. The Balaban J connectivity index is 0.000000849. The lowest BCUT2D eigenvalue weighted by Gasteiger charge is -2.35. The number of allylic oxidation sites excluding steroid dienone is 4. The highest BCUT2D eigenvalue weighted by molar-refractivity contribution is 5.70. The van der Waals surface area contributed by atoms with Crippen LogP contribution in [0.5, 0.6) is 0 Å². The molecule has 1 N–H and O–H groups in total. The van der Waals surface area contributed by atoms with Crippen molar-refractivity contribution >= 4 is 5.97 Å². The van der Waals surface area contributed by atoms with Gasteiger partial charge in [0, 0.05) is 0 Å². The van der Waals surface area contributed by atoms with E-state index in [1.54, 1.807) is 13.0 Å². The molecule has 0 saturated heterocycles. The average Bonchev–Trinajstić information content (AvgIpc) is 3.54. The topological polar surface area (TPSA) is 46.5 Å². The number of carbonyl (C=O) groups is 1. The van der Waals surface area contributed by atoms with E-state index in [9.17, 15) is 4.79 Å². The van der Waals surface area contributed by atoms with Crippen molar-refractivity contribution < 1.29 is 14.6 Å². The van der Waals surface area contributed by atoms with Crippen LogP contribution in [0.15, 0.2) is 66.5 Å². The molecule has 0 amide bonds. The highest BCUT2D eigenvalue weighted by Gasteiger charge is 2.30. The van der Waals surface area contributed by atoms with E-state index in [0.717, 1.165) is 18.4 Å². The van der Waals surface area contributed by atoms with Gasteiger partial charge in [-0.05, 0) is 61.3 Å². The van der Waals surface area contributed by atoms with Crippen molar-refractivity contribution in [1.29, 1.82) is 0 Å². The third-order valence-corrected chi connectivity index (χ3v) is 5.21. The molecular weight excluding hydrogens is 348 g/mol. The van der Waals surface area contributed by atoms with E-state index in [1.807, 2.05) is 25.1 Å². The molecule has 28 heavy (non-hydrogen) atoms. The molecule has 1 atom stereocenters. The van der Waals surface area contributed by atoms with E-state index in [-0.39, 0.29) is 0 Å². The molecule has 3 rings (SSSR count). The second-order valence-electron chi connectivity index (χ2n) is 7.87. The van der Waals surface area contributed by atoms with Gasteiger partial charge in [0.1, 0.15) is 5.76 Å². The van der Waals surface area contributed by atoms with Gasteiger partial charge in [0.25, 0.3) is 0 Å². The summed E-state index contributed by atoms with van der Waals surface area (Å²) in [5, 5.41) is 9.05. The van der Waals surface area contributed by atoms with Crippen molar-refractivity contribution in [3.05, 3.63) is 72.0 Å². The standard InChI is InChI=1S/C22H28O3.C3H6/c1-4-17(11-16(3)22(23)24)14-21(5-2)25-15-18-12-20(13-18)19-9-7-6-8-10-19;1-2-3-1/h4-10,14,16,18,20H,2,11-13,15H2,1,3H3,(H,23,24);1-3H2/b17-4-,21-14+;. The summed E-state index contributed by atoms with van der Waals surface area (Å²) in [7, 11) is 0. The minimum absolute atomic E-state index is 0.410. The zero-order chi connectivity index (χ0) is 20.4. The van der Waals surface area contributed by atoms with Gasteiger partial charge in [0.05, 0.1) is 12.5 Å². The molecule has 3 nitrogen and oxygen atoms in total. The number of hydrogen-bond acceptors (Lipinski definition) is 2. The second kappa shape index (κ2) is 11.5. The van der Waals surface area contributed by atoms with E-state index in [2.05, 4.69) is 30.8 Å². The van der Waals surface area contributed by atoms with Crippen molar-refractivity contribution in [1.82, 2.24) is 0 Å². The maximum absolute atomic E-state index is 11.0. The first-order chi connectivity index (χ1) is 13.5. The third kappa shape index (κ3) is 7.75. The summed E-state index contributed by atoms with van der Waals surface area (Å²) in [5.41, 5.74) is 2.37. The Labute approximate surface area is 169 Å². The van der Waals surface area contributed by atoms with Crippen LogP contribution in [0.3, 0.4) is 0 Å². The summed E-state index contributed by atoms with van der Waals surface area (Å²) >= 11 is 0. The van der Waals surface area contributed by atoms with Crippen LogP contribution in [0.4, 0.5) is 0 Å². The van der Waals surface area contributed by atoms with Crippen LogP contribution in [0.1, 0.15) is 63.9 Å². The molecule has 2 aliphatic carbocycles. The van der Waals surface area contributed by atoms with Gasteiger partial charge in [-0.3, -0.25) is 4.79 Å². The molecule has 0 radical (unpaired) electrons. The monoisotopic (exact) mass is 382 g/mol. The quantitative estimate of drug-likeness (QED) is 0.392. The molecule has 1 aromatic rings. The molecule has 0 bridgehead atoms. The van der Waals surface area contributed by atoms with Crippen LogP contribution < -0.4 is 0 Å². The summed E-state index contributed by atoms with van der Waals surface area (Å²) in [5.74, 6) is 0.741. The smallest absolute Gasteiger partial charge is 0.306 e. The molecule has 152 valence electrons. The van der Waals surface area contributed by atoms with Crippen LogP contribution >= 0.6 is 0 Å². The fourth-order valence-electron chi connectivity index (χ4n) is 3.13. The number of carboxylic acids is 1. The Morgan fingerprint density at radius 3 is 2.39 bits per heavy atom. The first-order valence-corrected chi connectivity index (χ1v) is 10.4. The van der Waals surface area contributed by atoms with Gasteiger partial charge in [-0.15, -0.1) is 0 Å². The fraction of sp³-hybridized carbons (Fsp3) is 0.480. The molecular formula is C25H34O3. The Kier molecular flexibility index (Phi) is 9.06. The predicted octanol–water partition coefficient (Wildman–Crippen LogP) is 6.49. The SMILES string of the molecule is C1CC1.C=C/C(=C\C(=C/C)CC(C)C(=O)O)OCC1CC(c2ccccc2)C1. The number of rotatable bonds is 9. The molecule has 0 spiro atoms. The van der Waals surface area contributed by atoms with E-state index in [0.29, 0.717) is 30.6 Å².